The van der Waals surface area contributed by atoms with Crippen molar-refractivity contribution in [2.45, 2.75) is 5.92 Å². The summed E-state index contributed by atoms with van der Waals surface area (Å²) in [6.07, 6.45) is 2.01. The number of hydrogen-bond donors (Lipinski definition) is 0. The van der Waals surface area contributed by atoms with E-state index in [9.17, 15) is 4.79 Å². The third-order valence-corrected chi connectivity index (χ3v) is 3.21. The van der Waals surface area contributed by atoms with Crippen molar-refractivity contribution in [1.82, 2.24) is 0 Å². The fourth-order valence-electron chi connectivity index (χ4n) is 1.88. The number of hydroxylamine groups is 1. The fourth-order valence-corrected chi connectivity index (χ4v) is 2.53. The first-order chi connectivity index (χ1) is 7.29. The van der Waals surface area contributed by atoms with Crippen LogP contribution in [0, 0.1) is 0 Å². The van der Waals surface area contributed by atoms with Crippen LogP contribution in [-0.2, 0) is 9.63 Å². The summed E-state index contributed by atoms with van der Waals surface area (Å²) >= 11 is 1.68. The van der Waals surface area contributed by atoms with Crippen molar-refractivity contribution < 1.29 is 9.63 Å². The van der Waals surface area contributed by atoms with Crippen molar-refractivity contribution in [2.75, 3.05) is 24.2 Å². The van der Waals surface area contributed by atoms with E-state index in [4.69, 9.17) is 4.84 Å². The Morgan fingerprint density at radius 2 is 2.20 bits per heavy atom. The molecule has 0 aromatic heterocycles. The van der Waals surface area contributed by atoms with E-state index >= 15 is 0 Å². The second kappa shape index (κ2) is 4.24. The molecule has 0 fully saturated rings. The van der Waals surface area contributed by atoms with Crippen LogP contribution in [0.1, 0.15) is 11.5 Å². The molecule has 0 N–H and O–H groups in total. The number of rotatable bonds is 3. The van der Waals surface area contributed by atoms with Gasteiger partial charge < -0.3 is 0 Å². The zero-order valence-corrected chi connectivity index (χ0v) is 9.58. The van der Waals surface area contributed by atoms with Gasteiger partial charge in [0.2, 0.25) is 0 Å². The molecule has 4 heteroatoms. The lowest BCUT2D eigenvalue weighted by Gasteiger charge is -2.13. The quantitative estimate of drug-likeness (QED) is 0.785. The molecule has 0 aliphatic carbocycles. The van der Waals surface area contributed by atoms with E-state index in [1.165, 1.54) is 12.2 Å². The predicted octanol–water partition coefficient (Wildman–Crippen LogP) is 2.04. The van der Waals surface area contributed by atoms with Gasteiger partial charge in [0.1, 0.15) is 0 Å². The molecule has 2 rings (SSSR count). The van der Waals surface area contributed by atoms with Crippen LogP contribution < -0.4 is 5.06 Å². The Kier molecular flexibility index (Phi) is 2.98. The van der Waals surface area contributed by atoms with Gasteiger partial charge in [0.05, 0.1) is 18.7 Å². The topological polar surface area (TPSA) is 29.5 Å². The van der Waals surface area contributed by atoms with E-state index < -0.39 is 0 Å². The molecule has 1 atom stereocenters. The molecule has 1 unspecified atom stereocenters. The van der Waals surface area contributed by atoms with E-state index in [-0.39, 0.29) is 11.8 Å². The van der Waals surface area contributed by atoms with Crippen LogP contribution in [0.15, 0.2) is 24.3 Å². The van der Waals surface area contributed by atoms with Crippen LogP contribution in [0.25, 0.3) is 0 Å². The monoisotopic (exact) mass is 223 g/mol. The highest BCUT2D eigenvalue weighted by Crippen LogP contribution is 2.38. The molecule has 0 saturated carbocycles. The molecule has 15 heavy (non-hydrogen) atoms. The Hall–Kier alpha value is -1.00. The first kappa shape index (κ1) is 10.5. The van der Waals surface area contributed by atoms with Gasteiger partial charge in [-0.2, -0.15) is 16.8 Å². The van der Waals surface area contributed by atoms with Gasteiger partial charge in [0.15, 0.2) is 0 Å². The lowest BCUT2D eigenvalue weighted by atomic mass is 10.0. The van der Waals surface area contributed by atoms with Crippen molar-refractivity contribution in [3.05, 3.63) is 29.8 Å². The largest absolute Gasteiger partial charge is 0.271 e. The van der Waals surface area contributed by atoms with Crippen LogP contribution in [0.2, 0.25) is 0 Å². The minimum atomic E-state index is -0.0591. The predicted molar refractivity (Wildman–Crippen MR) is 62.1 cm³/mol. The van der Waals surface area contributed by atoms with Gasteiger partial charge in [-0.1, -0.05) is 18.2 Å². The van der Waals surface area contributed by atoms with Crippen molar-refractivity contribution in [2.24, 2.45) is 0 Å². The number of nitrogens with zero attached hydrogens (tertiary/aromatic N) is 1. The summed E-state index contributed by atoms with van der Waals surface area (Å²) in [5.41, 5.74) is 1.95. The first-order valence-corrected chi connectivity index (χ1v) is 6.15. The summed E-state index contributed by atoms with van der Waals surface area (Å²) in [4.78, 5) is 17.1. The Balaban J connectivity index is 2.42. The molecule has 1 aliphatic heterocycles. The summed E-state index contributed by atoms with van der Waals surface area (Å²) in [5, 5.41) is 1.39. The number of carbonyl (C=O) groups excluding carboxylic acids is 1. The number of fused-ring (bicyclic) bond motifs is 1. The van der Waals surface area contributed by atoms with E-state index in [2.05, 4.69) is 0 Å². The highest BCUT2D eigenvalue weighted by molar-refractivity contribution is 7.98. The number of thioether (sulfide) groups is 1. The molecule has 1 aliphatic rings. The summed E-state index contributed by atoms with van der Waals surface area (Å²) in [6.45, 7) is 0. The minimum Gasteiger partial charge on any atom is -0.271 e. The number of benzene rings is 1. The molecule has 1 heterocycles. The van der Waals surface area contributed by atoms with Gasteiger partial charge in [-0.3, -0.25) is 9.63 Å². The Labute approximate surface area is 93.4 Å². The van der Waals surface area contributed by atoms with Crippen LogP contribution in [-0.4, -0.2) is 25.0 Å². The molecule has 1 aromatic rings. The maximum Gasteiger partial charge on any atom is 0.259 e. The summed E-state index contributed by atoms with van der Waals surface area (Å²) in [5.74, 6) is 0.777. The smallest absolute Gasteiger partial charge is 0.259 e. The van der Waals surface area contributed by atoms with Crippen molar-refractivity contribution in [1.29, 1.82) is 0 Å². The minimum absolute atomic E-state index is 0.0352. The average molecular weight is 223 g/mol. The number of anilines is 1. The average Bonchev–Trinajstić information content (AvgIpc) is 2.53. The van der Waals surface area contributed by atoms with Gasteiger partial charge in [-0.25, -0.2) is 0 Å². The molecule has 3 nitrogen and oxygen atoms in total. The second-order valence-electron chi connectivity index (χ2n) is 3.38. The third kappa shape index (κ3) is 1.64. The lowest BCUT2D eigenvalue weighted by molar-refractivity contribution is -0.124. The van der Waals surface area contributed by atoms with Gasteiger partial charge in [0, 0.05) is 5.75 Å². The Morgan fingerprint density at radius 1 is 1.47 bits per heavy atom. The zero-order valence-electron chi connectivity index (χ0n) is 8.77. The van der Waals surface area contributed by atoms with E-state index in [0.717, 1.165) is 17.0 Å². The SMILES string of the molecule is CON1C(=O)C(CSC)c2ccccc21. The lowest BCUT2D eigenvalue weighted by Crippen LogP contribution is -2.28. The number of amides is 1. The van der Waals surface area contributed by atoms with Crippen molar-refractivity contribution in [3.63, 3.8) is 0 Å². The van der Waals surface area contributed by atoms with Crippen LogP contribution in [0.4, 0.5) is 5.69 Å². The Bertz CT molecular complexity index is 381. The molecule has 0 saturated heterocycles. The van der Waals surface area contributed by atoms with E-state index in [1.54, 1.807) is 11.8 Å². The number of para-hydroxylation sites is 1. The number of carbonyl (C=O) groups is 1. The molecular formula is C11H13NO2S. The van der Waals surface area contributed by atoms with Crippen LogP contribution in [0.5, 0.6) is 0 Å². The maximum atomic E-state index is 12.0. The zero-order chi connectivity index (χ0) is 10.8. The maximum absolute atomic E-state index is 12.0. The third-order valence-electron chi connectivity index (χ3n) is 2.55. The molecule has 0 radical (unpaired) electrons. The molecule has 80 valence electrons. The summed E-state index contributed by atoms with van der Waals surface area (Å²) in [6, 6.07) is 7.78. The van der Waals surface area contributed by atoms with Gasteiger partial charge in [-0.15, -0.1) is 0 Å². The van der Waals surface area contributed by atoms with Crippen molar-refractivity contribution >= 4 is 23.4 Å². The highest BCUT2D eigenvalue weighted by atomic mass is 32.2. The normalized spacial score (nSPS) is 19.5. The van der Waals surface area contributed by atoms with Crippen LogP contribution in [0.3, 0.4) is 0 Å². The standard InChI is InChI=1S/C11H13NO2S/c1-14-12-10-6-4-3-5-8(10)9(7-15-2)11(12)13/h3-6,9H,7H2,1-2H3. The first-order valence-electron chi connectivity index (χ1n) is 4.75. The van der Waals surface area contributed by atoms with Crippen LogP contribution >= 0.6 is 11.8 Å². The van der Waals surface area contributed by atoms with Gasteiger partial charge in [0.25, 0.3) is 5.91 Å². The highest BCUT2D eigenvalue weighted by Gasteiger charge is 2.36. The molecule has 0 spiro atoms. The molecule has 1 aromatic carbocycles. The number of hydrogen-bond acceptors (Lipinski definition) is 3. The van der Waals surface area contributed by atoms with Gasteiger partial charge >= 0.3 is 0 Å². The fraction of sp³-hybridized carbons (Fsp3) is 0.364. The molecular weight excluding hydrogens is 210 g/mol. The van der Waals surface area contributed by atoms with E-state index in [1.807, 2.05) is 30.5 Å². The summed E-state index contributed by atoms with van der Waals surface area (Å²) in [7, 11) is 1.52. The van der Waals surface area contributed by atoms with Crippen molar-refractivity contribution in [3.8, 4) is 0 Å². The molecule has 0 bridgehead atoms. The second-order valence-corrected chi connectivity index (χ2v) is 4.29. The summed E-state index contributed by atoms with van der Waals surface area (Å²) < 4.78 is 0. The van der Waals surface area contributed by atoms with E-state index in [0.29, 0.717) is 0 Å². The molecule has 1 amide bonds. The van der Waals surface area contributed by atoms with Gasteiger partial charge in [-0.05, 0) is 17.9 Å². The Morgan fingerprint density at radius 3 is 2.87 bits per heavy atom.